The van der Waals surface area contributed by atoms with Gasteiger partial charge >= 0.3 is 13.8 Å². The van der Waals surface area contributed by atoms with Crippen molar-refractivity contribution in [1.29, 1.82) is 0 Å². The van der Waals surface area contributed by atoms with E-state index in [-0.39, 0.29) is 25.1 Å². The Labute approximate surface area is 485 Å². The number of amides is 1. The van der Waals surface area contributed by atoms with Crippen LogP contribution in [0.15, 0.2) is 36.5 Å². The van der Waals surface area contributed by atoms with E-state index in [1.54, 1.807) is 0 Å². The molecule has 0 bridgehead atoms. The lowest BCUT2D eigenvalue weighted by molar-refractivity contribution is -0.870. The minimum Gasteiger partial charge on any atom is -0.456 e. The topological polar surface area (TPSA) is 111 Å². The van der Waals surface area contributed by atoms with Gasteiger partial charge in [0.2, 0.25) is 5.91 Å². The summed E-state index contributed by atoms with van der Waals surface area (Å²) in [6.07, 6.45) is 71.5. The van der Waals surface area contributed by atoms with Gasteiger partial charge in [-0.2, -0.15) is 0 Å². The number of quaternary nitrogens is 1. The largest absolute Gasteiger partial charge is 0.472 e. The number of likely N-dealkylation sites (N-methyl/N-ethyl adjacent to an activating group) is 1. The van der Waals surface area contributed by atoms with Crippen LogP contribution in [0.1, 0.15) is 335 Å². The Morgan fingerprint density at radius 2 is 0.744 bits per heavy atom. The van der Waals surface area contributed by atoms with Gasteiger partial charge in [0.1, 0.15) is 19.3 Å². The third-order valence-corrected chi connectivity index (χ3v) is 16.3. The van der Waals surface area contributed by atoms with Gasteiger partial charge in [-0.25, -0.2) is 4.57 Å². The summed E-state index contributed by atoms with van der Waals surface area (Å²) in [5, 5.41) is 3.07. The summed E-state index contributed by atoms with van der Waals surface area (Å²) in [5.74, 6) is -0.495. The van der Waals surface area contributed by atoms with Gasteiger partial charge in [-0.15, -0.1) is 0 Å². The van der Waals surface area contributed by atoms with Crippen LogP contribution in [0.2, 0.25) is 0 Å². The maximum absolute atomic E-state index is 13.6. The highest BCUT2D eigenvalue weighted by molar-refractivity contribution is 7.47. The van der Waals surface area contributed by atoms with E-state index >= 15 is 0 Å². The zero-order valence-corrected chi connectivity index (χ0v) is 53.6. The number of rotatable bonds is 62. The van der Waals surface area contributed by atoms with Gasteiger partial charge in [0.25, 0.3) is 0 Å². The molecule has 0 radical (unpaired) electrons. The number of esters is 1. The first-order valence-corrected chi connectivity index (χ1v) is 35.3. The number of nitrogens with zero attached hydrogens (tertiary/aromatic N) is 1. The minimum atomic E-state index is -4.45. The summed E-state index contributed by atoms with van der Waals surface area (Å²) in [5.41, 5.74) is 0. The first kappa shape index (κ1) is 76.2. The molecule has 1 amide bonds. The fourth-order valence-corrected chi connectivity index (χ4v) is 10.8. The standard InChI is InChI=1S/C68H131N2O7P/c1-7-10-13-16-19-22-25-28-30-32-33-34-35-36-37-39-41-43-46-49-52-55-58-61-68(72)77-66(59-56-53-50-47-44-27-24-21-18-15-12-9-3)65(64-76-78(73,74)75-63-62-70(4,5)6)69-67(71)60-57-54-51-48-45-42-40-38-31-29-26-23-20-17-14-11-8-2/h28-31,56,59,65-66H,7-27,32-55,57-58,60-64H2,1-6H3,(H-,69,71,73,74)/p+1/b30-28+,31-29+,59-56-. The monoisotopic (exact) mass is 1120 g/mol. The smallest absolute Gasteiger partial charge is 0.456 e. The van der Waals surface area contributed by atoms with E-state index in [1.165, 1.54) is 244 Å². The van der Waals surface area contributed by atoms with Crippen molar-refractivity contribution in [3.05, 3.63) is 36.5 Å². The molecule has 0 aliphatic heterocycles. The second-order valence-corrected chi connectivity index (χ2v) is 25.8. The summed E-state index contributed by atoms with van der Waals surface area (Å²) in [7, 11) is 1.51. The van der Waals surface area contributed by atoms with E-state index in [1.807, 2.05) is 33.3 Å². The highest BCUT2D eigenvalue weighted by atomic mass is 31.2. The lowest BCUT2D eigenvalue weighted by Crippen LogP contribution is -2.47. The lowest BCUT2D eigenvalue weighted by atomic mass is 10.0. The van der Waals surface area contributed by atoms with Crippen molar-refractivity contribution in [2.75, 3.05) is 40.9 Å². The number of hydrogen-bond acceptors (Lipinski definition) is 6. The average molecular weight is 1120 g/mol. The first-order chi connectivity index (χ1) is 37.9. The molecule has 0 spiro atoms. The molecule has 10 heteroatoms. The molecular formula is C68H132N2O7P+. The highest BCUT2D eigenvalue weighted by Gasteiger charge is 2.30. The van der Waals surface area contributed by atoms with Gasteiger partial charge in [0, 0.05) is 12.8 Å². The van der Waals surface area contributed by atoms with Gasteiger partial charge in [-0.05, 0) is 83.1 Å². The lowest BCUT2D eigenvalue weighted by Gasteiger charge is -2.27. The number of hydrogen-bond donors (Lipinski definition) is 2. The molecule has 0 heterocycles. The Balaban J connectivity index is 5.11. The van der Waals surface area contributed by atoms with Crippen LogP contribution in [0, 0.1) is 0 Å². The highest BCUT2D eigenvalue weighted by Crippen LogP contribution is 2.43. The van der Waals surface area contributed by atoms with Crippen LogP contribution in [-0.2, 0) is 27.9 Å². The van der Waals surface area contributed by atoms with E-state index in [4.69, 9.17) is 13.8 Å². The summed E-state index contributed by atoms with van der Waals surface area (Å²) < 4.78 is 30.8. The first-order valence-electron chi connectivity index (χ1n) is 33.8. The van der Waals surface area contributed by atoms with Crippen molar-refractivity contribution in [3.63, 3.8) is 0 Å². The number of ether oxygens (including phenoxy) is 1. The quantitative estimate of drug-likeness (QED) is 0.0205. The molecule has 3 atom stereocenters. The van der Waals surface area contributed by atoms with Crippen LogP contribution in [-0.4, -0.2) is 74.3 Å². The van der Waals surface area contributed by atoms with Crippen LogP contribution >= 0.6 is 7.82 Å². The van der Waals surface area contributed by atoms with Crippen LogP contribution in [0.25, 0.3) is 0 Å². The second-order valence-electron chi connectivity index (χ2n) is 24.3. The maximum Gasteiger partial charge on any atom is 0.472 e. The van der Waals surface area contributed by atoms with Gasteiger partial charge < -0.3 is 19.4 Å². The Morgan fingerprint density at radius 1 is 0.436 bits per heavy atom. The molecular weight excluding hydrogens is 988 g/mol. The Hall–Kier alpha value is -1.77. The number of allylic oxidation sites excluding steroid dienone is 5. The predicted octanol–water partition coefficient (Wildman–Crippen LogP) is 21.1. The molecule has 0 fully saturated rings. The molecule has 0 aromatic rings. The molecule has 460 valence electrons. The van der Waals surface area contributed by atoms with Crippen LogP contribution in [0.4, 0.5) is 0 Å². The van der Waals surface area contributed by atoms with Crippen molar-refractivity contribution >= 4 is 19.7 Å². The molecule has 0 aliphatic carbocycles. The Morgan fingerprint density at radius 3 is 1.09 bits per heavy atom. The van der Waals surface area contributed by atoms with E-state index in [0.717, 1.165) is 57.8 Å². The SMILES string of the molecule is CCCCCCCC/C=C/CCCCCCCCCCCCCCCC(=O)OC(/C=C\CCCCCCCCCCCC)C(COP(=O)(O)OCC[N+](C)(C)C)NC(=O)CCCCCCCCC/C=C/CCCCCCCC. The molecule has 0 aromatic carbocycles. The number of unbranched alkanes of at least 4 members (excludes halogenated alkanes) is 42. The molecule has 2 N–H and O–H groups in total. The van der Waals surface area contributed by atoms with Crippen molar-refractivity contribution in [3.8, 4) is 0 Å². The van der Waals surface area contributed by atoms with Crippen molar-refractivity contribution in [2.45, 2.75) is 348 Å². The van der Waals surface area contributed by atoms with Gasteiger partial charge in [-0.3, -0.25) is 18.6 Å². The molecule has 3 unspecified atom stereocenters. The van der Waals surface area contributed by atoms with Crippen LogP contribution in [0.5, 0.6) is 0 Å². The molecule has 0 saturated heterocycles. The summed E-state index contributed by atoms with van der Waals surface area (Å²) in [6, 6.07) is -0.848. The second kappa shape index (κ2) is 58.4. The third kappa shape index (κ3) is 58.9. The average Bonchev–Trinajstić information content (AvgIpc) is 3.40. The number of phosphoric ester groups is 1. The van der Waals surface area contributed by atoms with Crippen molar-refractivity contribution in [1.82, 2.24) is 5.32 Å². The summed E-state index contributed by atoms with van der Waals surface area (Å²) in [4.78, 5) is 37.8. The number of phosphoric acid groups is 1. The Bertz CT molecular complexity index is 1430. The van der Waals surface area contributed by atoms with E-state index in [9.17, 15) is 19.0 Å². The van der Waals surface area contributed by atoms with Crippen LogP contribution in [0.3, 0.4) is 0 Å². The minimum absolute atomic E-state index is 0.0415. The van der Waals surface area contributed by atoms with Crippen molar-refractivity contribution in [2.24, 2.45) is 0 Å². The third-order valence-electron chi connectivity index (χ3n) is 15.3. The zero-order chi connectivity index (χ0) is 57.2. The zero-order valence-electron chi connectivity index (χ0n) is 52.7. The molecule has 0 aromatic heterocycles. The molecule has 0 aliphatic rings. The number of nitrogens with one attached hydrogen (secondary N) is 1. The fourth-order valence-electron chi connectivity index (χ4n) is 10.0. The van der Waals surface area contributed by atoms with E-state index in [0.29, 0.717) is 23.9 Å². The molecule has 0 rings (SSSR count). The summed E-state index contributed by atoms with van der Waals surface area (Å²) >= 11 is 0. The van der Waals surface area contributed by atoms with Gasteiger partial charge in [0.15, 0.2) is 0 Å². The summed E-state index contributed by atoms with van der Waals surface area (Å²) in [6.45, 7) is 7.04. The molecule has 0 saturated carbocycles. The number of carbonyl (C=O) groups is 2. The number of carbonyl (C=O) groups excluding carboxylic acids is 2. The predicted molar refractivity (Wildman–Crippen MR) is 337 cm³/mol. The van der Waals surface area contributed by atoms with E-state index in [2.05, 4.69) is 50.4 Å². The molecule has 78 heavy (non-hydrogen) atoms. The van der Waals surface area contributed by atoms with Gasteiger partial charge in [0.05, 0.1) is 33.8 Å². The molecule has 9 nitrogen and oxygen atoms in total. The Kier molecular flexibility index (Phi) is 57.1. The fraction of sp³-hybridized carbons (Fsp3) is 0.882. The van der Waals surface area contributed by atoms with Crippen molar-refractivity contribution < 1.29 is 37.3 Å². The van der Waals surface area contributed by atoms with E-state index < -0.39 is 20.0 Å². The van der Waals surface area contributed by atoms with Gasteiger partial charge in [-0.1, -0.05) is 276 Å². The maximum atomic E-state index is 13.6. The van der Waals surface area contributed by atoms with Crippen LogP contribution < -0.4 is 5.32 Å². The normalized spacial score (nSPS) is 13.8.